The molecular weight excluding hydrogens is 284 g/mol. The molecule has 0 aliphatic heterocycles. The highest BCUT2D eigenvalue weighted by Crippen LogP contribution is 2.20. The summed E-state index contributed by atoms with van der Waals surface area (Å²) in [6.45, 7) is 1.20. The maximum absolute atomic E-state index is 11.0. The van der Waals surface area contributed by atoms with Crippen LogP contribution in [0.1, 0.15) is 16.1 Å². The third-order valence-corrected chi connectivity index (χ3v) is 3.22. The van der Waals surface area contributed by atoms with E-state index in [0.29, 0.717) is 24.7 Å². The highest BCUT2D eigenvalue weighted by Gasteiger charge is 2.12. The Morgan fingerprint density at radius 1 is 1.41 bits per heavy atom. The van der Waals surface area contributed by atoms with Gasteiger partial charge in [-0.2, -0.15) is 0 Å². The van der Waals surface area contributed by atoms with Crippen molar-refractivity contribution in [2.75, 3.05) is 27.3 Å². The molecule has 0 aliphatic rings. The molecule has 0 radical (unpaired) electrons. The van der Waals surface area contributed by atoms with E-state index in [1.165, 1.54) is 6.07 Å². The van der Waals surface area contributed by atoms with E-state index in [9.17, 15) is 4.79 Å². The molecule has 0 bridgehead atoms. The van der Waals surface area contributed by atoms with E-state index in [-0.39, 0.29) is 5.76 Å². The van der Waals surface area contributed by atoms with E-state index >= 15 is 0 Å². The van der Waals surface area contributed by atoms with Gasteiger partial charge < -0.3 is 19.9 Å². The largest absolute Gasteiger partial charge is 0.383 e. The third kappa shape index (κ3) is 3.50. The number of nitrogens with one attached hydrogen (secondary N) is 1. The minimum absolute atomic E-state index is 0.0196. The normalized spacial score (nSPS) is 10.5. The monoisotopic (exact) mass is 302 g/mol. The Balaban J connectivity index is 2.12. The summed E-state index contributed by atoms with van der Waals surface area (Å²) in [4.78, 5) is 12.8. The predicted octanol–water partition coefficient (Wildman–Crippen LogP) is 1.34. The van der Waals surface area contributed by atoms with E-state index in [4.69, 9.17) is 20.4 Å². The fraction of sp³-hybridized carbons (Fsp3) is 0.267. The number of hydrogen-bond donors (Lipinski definition) is 2. The van der Waals surface area contributed by atoms with Crippen LogP contribution in [0.25, 0.3) is 11.3 Å². The lowest BCUT2D eigenvalue weighted by Gasteiger charge is -2.19. The van der Waals surface area contributed by atoms with Gasteiger partial charge in [0.25, 0.3) is 5.91 Å². The molecule has 0 unspecified atom stereocenters. The third-order valence-electron chi connectivity index (χ3n) is 3.22. The summed E-state index contributed by atoms with van der Waals surface area (Å²) in [6, 6.07) is 8.76. The molecule has 0 atom stereocenters. The Labute approximate surface area is 128 Å². The number of amides is 1. The minimum atomic E-state index is -0.656. The molecular formula is C15H18N4O3. The van der Waals surface area contributed by atoms with Gasteiger partial charge in [0.15, 0.2) is 0 Å². The van der Waals surface area contributed by atoms with Crippen molar-refractivity contribution in [1.29, 1.82) is 5.41 Å². The molecule has 1 aromatic heterocycles. The topological polar surface area (TPSA) is 105 Å². The summed E-state index contributed by atoms with van der Waals surface area (Å²) >= 11 is 0. The molecule has 1 heterocycles. The van der Waals surface area contributed by atoms with Gasteiger partial charge in [0.2, 0.25) is 5.76 Å². The van der Waals surface area contributed by atoms with Gasteiger partial charge in [0.05, 0.1) is 6.61 Å². The van der Waals surface area contributed by atoms with Crippen LogP contribution in [0.4, 0.5) is 0 Å². The highest BCUT2D eigenvalue weighted by molar-refractivity contribution is 5.96. The summed E-state index contributed by atoms with van der Waals surface area (Å²) < 4.78 is 9.85. The standard InChI is InChI=1S/C15H18N4O3/c1-19(7-8-21-2)14(16)11-5-3-10(4-6-11)12-9-13(15(17)20)22-18-12/h3-6,9,16H,7-8H2,1-2H3,(H2,17,20). The van der Waals surface area contributed by atoms with Gasteiger partial charge in [-0.05, 0) is 0 Å². The second kappa shape index (κ2) is 6.86. The summed E-state index contributed by atoms with van der Waals surface area (Å²) in [5, 5.41) is 11.9. The predicted molar refractivity (Wildman–Crippen MR) is 81.8 cm³/mol. The zero-order valence-corrected chi connectivity index (χ0v) is 12.5. The molecule has 0 saturated heterocycles. The van der Waals surface area contributed by atoms with E-state index in [0.717, 1.165) is 11.1 Å². The number of rotatable bonds is 6. The quantitative estimate of drug-likeness (QED) is 0.619. The average Bonchev–Trinajstić information content (AvgIpc) is 3.02. The highest BCUT2D eigenvalue weighted by atomic mass is 16.5. The lowest BCUT2D eigenvalue weighted by atomic mass is 10.1. The van der Waals surface area contributed by atoms with Crippen molar-refractivity contribution in [3.05, 3.63) is 41.7 Å². The molecule has 22 heavy (non-hydrogen) atoms. The van der Waals surface area contributed by atoms with Gasteiger partial charge in [-0.3, -0.25) is 10.2 Å². The number of nitrogens with two attached hydrogens (primary N) is 1. The Kier molecular flexibility index (Phi) is 4.90. The molecule has 116 valence electrons. The summed E-state index contributed by atoms with van der Waals surface area (Å²) in [7, 11) is 3.47. The molecule has 1 aromatic carbocycles. The average molecular weight is 302 g/mol. The Morgan fingerprint density at radius 3 is 2.64 bits per heavy atom. The SMILES string of the molecule is COCCN(C)C(=N)c1ccc(-c2cc(C(N)=O)on2)cc1. The number of aromatic nitrogens is 1. The van der Waals surface area contributed by atoms with Crippen LogP contribution in [0.2, 0.25) is 0 Å². The van der Waals surface area contributed by atoms with Crippen LogP contribution < -0.4 is 5.73 Å². The number of benzene rings is 1. The Hall–Kier alpha value is -2.67. The van der Waals surface area contributed by atoms with Gasteiger partial charge in [-0.25, -0.2) is 0 Å². The van der Waals surface area contributed by atoms with Crippen LogP contribution >= 0.6 is 0 Å². The fourth-order valence-electron chi connectivity index (χ4n) is 1.89. The first-order valence-corrected chi connectivity index (χ1v) is 6.69. The maximum Gasteiger partial charge on any atom is 0.287 e. The van der Waals surface area contributed by atoms with Crippen LogP contribution in [-0.4, -0.2) is 49.1 Å². The zero-order chi connectivity index (χ0) is 16.1. The number of carbonyl (C=O) groups excluding carboxylic acids is 1. The minimum Gasteiger partial charge on any atom is -0.383 e. The van der Waals surface area contributed by atoms with Crippen LogP contribution in [0.3, 0.4) is 0 Å². The van der Waals surface area contributed by atoms with E-state index < -0.39 is 5.91 Å². The molecule has 0 fully saturated rings. The first-order valence-electron chi connectivity index (χ1n) is 6.69. The molecule has 1 amide bonds. The van der Waals surface area contributed by atoms with E-state index in [1.54, 1.807) is 12.0 Å². The Morgan fingerprint density at radius 2 is 2.09 bits per heavy atom. The fourth-order valence-corrected chi connectivity index (χ4v) is 1.89. The number of nitrogens with zero attached hydrogens (tertiary/aromatic N) is 2. The number of primary amides is 1. The lowest BCUT2D eigenvalue weighted by molar-refractivity contribution is 0.0965. The van der Waals surface area contributed by atoms with Crippen LogP contribution in [0.15, 0.2) is 34.9 Å². The lowest BCUT2D eigenvalue weighted by Crippen LogP contribution is -2.29. The van der Waals surface area contributed by atoms with Gasteiger partial charge in [-0.1, -0.05) is 29.4 Å². The molecule has 7 heteroatoms. The molecule has 3 N–H and O–H groups in total. The molecule has 7 nitrogen and oxygen atoms in total. The van der Waals surface area contributed by atoms with Gasteiger partial charge in [0.1, 0.15) is 11.5 Å². The first-order chi connectivity index (χ1) is 10.5. The van der Waals surface area contributed by atoms with Gasteiger partial charge in [-0.15, -0.1) is 0 Å². The Bertz CT molecular complexity index is 664. The van der Waals surface area contributed by atoms with Crippen molar-refractivity contribution < 1.29 is 14.1 Å². The number of methoxy groups -OCH3 is 1. The first kappa shape index (κ1) is 15.7. The second-order valence-corrected chi connectivity index (χ2v) is 4.78. The summed E-state index contributed by atoms with van der Waals surface area (Å²) in [5.74, 6) is -0.232. The smallest absolute Gasteiger partial charge is 0.287 e. The van der Waals surface area contributed by atoms with Crippen molar-refractivity contribution in [3.63, 3.8) is 0 Å². The second-order valence-electron chi connectivity index (χ2n) is 4.78. The molecule has 2 aromatic rings. The van der Waals surface area contributed by atoms with Crippen molar-refractivity contribution in [2.24, 2.45) is 5.73 Å². The van der Waals surface area contributed by atoms with E-state index in [1.807, 2.05) is 31.3 Å². The number of hydrogen-bond acceptors (Lipinski definition) is 5. The van der Waals surface area contributed by atoms with Crippen molar-refractivity contribution >= 4 is 11.7 Å². The molecule has 0 saturated carbocycles. The molecule has 0 aliphatic carbocycles. The van der Waals surface area contributed by atoms with Gasteiger partial charge in [0, 0.05) is 37.9 Å². The van der Waals surface area contributed by atoms with Crippen molar-refractivity contribution in [2.45, 2.75) is 0 Å². The van der Waals surface area contributed by atoms with Gasteiger partial charge >= 0.3 is 0 Å². The van der Waals surface area contributed by atoms with Crippen molar-refractivity contribution in [1.82, 2.24) is 10.1 Å². The number of likely N-dealkylation sites (N-methyl/N-ethyl adjacent to an activating group) is 1. The molecule has 0 spiro atoms. The zero-order valence-electron chi connectivity index (χ0n) is 12.5. The van der Waals surface area contributed by atoms with Crippen molar-refractivity contribution in [3.8, 4) is 11.3 Å². The number of ether oxygens (including phenoxy) is 1. The van der Waals surface area contributed by atoms with E-state index in [2.05, 4.69) is 5.16 Å². The summed E-state index contributed by atoms with van der Waals surface area (Å²) in [5.41, 5.74) is 7.22. The molecule has 2 rings (SSSR count). The summed E-state index contributed by atoms with van der Waals surface area (Å²) in [6.07, 6.45) is 0. The maximum atomic E-state index is 11.0. The van der Waals surface area contributed by atoms with Crippen LogP contribution in [0.5, 0.6) is 0 Å². The number of carbonyl (C=O) groups is 1. The number of amidine groups is 1. The van der Waals surface area contributed by atoms with Crippen LogP contribution in [0, 0.1) is 5.41 Å². The van der Waals surface area contributed by atoms with Crippen LogP contribution in [-0.2, 0) is 4.74 Å².